The predicted octanol–water partition coefficient (Wildman–Crippen LogP) is 3.30. The first-order valence-electron chi connectivity index (χ1n) is 5.98. The summed E-state index contributed by atoms with van der Waals surface area (Å²) in [6, 6.07) is 0. The minimum absolute atomic E-state index is 0.00495. The summed E-state index contributed by atoms with van der Waals surface area (Å²) in [6.45, 7) is 2.71. The summed E-state index contributed by atoms with van der Waals surface area (Å²) in [6.07, 6.45) is 9.12. The monoisotopic (exact) mass is 198 g/mol. The maximum atomic E-state index is 11.3. The molecule has 0 aromatic rings. The summed E-state index contributed by atoms with van der Waals surface area (Å²) in [5.74, 6) is 0.805. The molecule has 1 rings (SSSR count). The van der Waals surface area contributed by atoms with Crippen molar-refractivity contribution in [1.82, 2.24) is 0 Å². The summed E-state index contributed by atoms with van der Waals surface area (Å²) in [7, 11) is 0. The van der Waals surface area contributed by atoms with Crippen molar-refractivity contribution >= 4 is 5.97 Å². The lowest BCUT2D eigenvalue weighted by molar-refractivity contribution is -0.144. The molecule has 0 aliphatic heterocycles. The first-order valence-corrected chi connectivity index (χ1v) is 5.98. The van der Waals surface area contributed by atoms with Gasteiger partial charge in [-0.25, -0.2) is 0 Å². The molecule has 0 bridgehead atoms. The Kier molecular flexibility index (Phi) is 5.65. The van der Waals surface area contributed by atoms with Gasteiger partial charge in [0, 0.05) is 6.42 Å². The standard InChI is InChI=1S/C12H22O2/c1-2-3-10-14-12(13)9-8-11-6-4-5-7-11/h11H,2-10H2,1H3. The van der Waals surface area contributed by atoms with E-state index in [4.69, 9.17) is 4.74 Å². The molecule has 1 saturated carbocycles. The molecule has 1 aliphatic rings. The van der Waals surface area contributed by atoms with E-state index in [0.717, 1.165) is 25.2 Å². The minimum Gasteiger partial charge on any atom is -0.466 e. The Balaban J connectivity index is 1.96. The SMILES string of the molecule is CCCCOC(=O)CCC1CCCC1. The van der Waals surface area contributed by atoms with Gasteiger partial charge >= 0.3 is 5.97 Å². The molecular weight excluding hydrogens is 176 g/mol. The summed E-state index contributed by atoms with van der Waals surface area (Å²) >= 11 is 0. The van der Waals surface area contributed by atoms with E-state index in [1.54, 1.807) is 0 Å². The summed E-state index contributed by atoms with van der Waals surface area (Å²) < 4.78 is 5.10. The Hall–Kier alpha value is -0.530. The van der Waals surface area contributed by atoms with Crippen LogP contribution in [0.2, 0.25) is 0 Å². The number of carbonyl (C=O) groups is 1. The zero-order chi connectivity index (χ0) is 10.2. The summed E-state index contributed by atoms with van der Waals surface area (Å²) in [4.78, 5) is 11.3. The van der Waals surface area contributed by atoms with E-state index in [1.165, 1.54) is 25.7 Å². The molecule has 0 aromatic heterocycles. The quantitative estimate of drug-likeness (QED) is 0.483. The molecule has 0 unspecified atom stereocenters. The van der Waals surface area contributed by atoms with Gasteiger partial charge in [0.25, 0.3) is 0 Å². The van der Waals surface area contributed by atoms with Crippen LogP contribution in [-0.4, -0.2) is 12.6 Å². The Morgan fingerprint density at radius 2 is 2.07 bits per heavy atom. The van der Waals surface area contributed by atoms with Gasteiger partial charge in [-0.1, -0.05) is 39.0 Å². The number of rotatable bonds is 6. The van der Waals surface area contributed by atoms with E-state index >= 15 is 0 Å². The van der Waals surface area contributed by atoms with Crippen molar-refractivity contribution in [3.05, 3.63) is 0 Å². The third-order valence-electron chi connectivity index (χ3n) is 2.99. The van der Waals surface area contributed by atoms with E-state index in [-0.39, 0.29) is 5.97 Å². The molecule has 82 valence electrons. The molecule has 0 aromatic carbocycles. The average Bonchev–Trinajstić information content (AvgIpc) is 2.68. The normalized spacial score (nSPS) is 17.2. The van der Waals surface area contributed by atoms with Crippen molar-refractivity contribution in [3.8, 4) is 0 Å². The van der Waals surface area contributed by atoms with E-state index in [1.807, 2.05) is 0 Å². The highest BCUT2D eigenvalue weighted by Gasteiger charge is 2.16. The van der Waals surface area contributed by atoms with E-state index in [2.05, 4.69) is 6.92 Å². The Morgan fingerprint density at radius 1 is 1.36 bits per heavy atom. The number of ether oxygens (including phenoxy) is 1. The van der Waals surface area contributed by atoms with Crippen LogP contribution in [-0.2, 0) is 9.53 Å². The van der Waals surface area contributed by atoms with Gasteiger partial charge in [-0.05, 0) is 18.8 Å². The number of carbonyl (C=O) groups excluding carboxylic acids is 1. The molecule has 0 atom stereocenters. The fourth-order valence-corrected chi connectivity index (χ4v) is 2.02. The van der Waals surface area contributed by atoms with Crippen molar-refractivity contribution in [2.45, 2.75) is 58.3 Å². The van der Waals surface area contributed by atoms with Crippen molar-refractivity contribution < 1.29 is 9.53 Å². The maximum Gasteiger partial charge on any atom is 0.305 e. The maximum absolute atomic E-state index is 11.3. The average molecular weight is 198 g/mol. The van der Waals surface area contributed by atoms with Crippen molar-refractivity contribution in [2.75, 3.05) is 6.61 Å². The molecule has 2 heteroatoms. The third kappa shape index (κ3) is 4.64. The van der Waals surface area contributed by atoms with Crippen molar-refractivity contribution in [3.63, 3.8) is 0 Å². The molecular formula is C12H22O2. The zero-order valence-electron chi connectivity index (χ0n) is 9.26. The van der Waals surface area contributed by atoms with E-state index in [9.17, 15) is 4.79 Å². The number of esters is 1. The molecule has 0 amide bonds. The van der Waals surface area contributed by atoms with Gasteiger partial charge in [0.2, 0.25) is 0 Å². The molecule has 0 spiro atoms. The number of unbranched alkanes of at least 4 members (excludes halogenated alkanes) is 1. The lowest BCUT2D eigenvalue weighted by Crippen LogP contribution is -2.07. The van der Waals surface area contributed by atoms with Gasteiger partial charge in [-0.2, -0.15) is 0 Å². The van der Waals surface area contributed by atoms with Crippen molar-refractivity contribution in [2.24, 2.45) is 5.92 Å². The smallest absolute Gasteiger partial charge is 0.305 e. The van der Waals surface area contributed by atoms with Crippen molar-refractivity contribution in [1.29, 1.82) is 0 Å². The molecule has 0 saturated heterocycles. The van der Waals surface area contributed by atoms with Gasteiger partial charge in [-0.15, -0.1) is 0 Å². The third-order valence-corrected chi connectivity index (χ3v) is 2.99. The summed E-state index contributed by atoms with van der Waals surface area (Å²) in [5, 5.41) is 0. The van der Waals surface area contributed by atoms with Crippen LogP contribution in [0.1, 0.15) is 58.3 Å². The van der Waals surface area contributed by atoms with E-state index < -0.39 is 0 Å². The van der Waals surface area contributed by atoms with Crippen LogP contribution in [0, 0.1) is 5.92 Å². The van der Waals surface area contributed by atoms with Gasteiger partial charge in [0.1, 0.15) is 0 Å². The largest absolute Gasteiger partial charge is 0.466 e. The van der Waals surface area contributed by atoms with Gasteiger partial charge in [0.15, 0.2) is 0 Å². The first kappa shape index (κ1) is 11.5. The molecule has 0 radical (unpaired) electrons. The zero-order valence-corrected chi connectivity index (χ0v) is 9.26. The fourth-order valence-electron chi connectivity index (χ4n) is 2.02. The highest BCUT2D eigenvalue weighted by atomic mass is 16.5. The van der Waals surface area contributed by atoms with Crippen LogP contribution < -0.4 is 0 Å². The van der Waals surface area contributed by atoms with Crippen LogP contribution in [0.15, 0.2) is 0 Å². The topological polar surface area (TPSA) is 26.3 Å². The van der Waals surface area contributed by atoms with Crippen LogP contribution in [0.3, 0.4) is 0 Å². The number of hydrogen-bond donors (Lipinski definition) is 0. The molecule has 1 fully saturated rings. The Labute approximate surface area is 87.0 Å². The minimum atomic E-state index is 0.00495. The predicted molar refractivity (Wildman–Crippen MR) is 57.1 cm³/mol. The first-order chi connectivity index (χ1) is 6.83. The van der Waals surface area contributed by atoms with E-state index in [0.29, 0.717) is 13.0 Å². The Bertz CT molecular complexity index is 160. The molecule has 0 N–H and O–H groups in total. The second-order valence-corrected chi connectivity index (χ2v) is 4.26. The second kappa shape index (κ2) is 6.86. The molecule has 2 nitrogen and oxygen atoms in total. The lowest BCUT2D eigenvalue weighted by atomic mass is 10.0. The highest BCUT2D eigenvalue weighted by molar-refractivity contribution is 5.69. The van der Waals surface area contributed by atoms with Gasteiger partial charge < -0.3 is 4.74 Å². The van der Waals surface area contributed by atoms with Crippen LogP contribution in [0.25, 0.3) is 0 Å². The second-order valence-electron chi connectivity index (χ2n) is 4.26. The van der Waals surface area contributed by atoms with Gasteiger partial charge in [0.05, 0.1) is 6.61 Å². The Morgan fingerprint density at radius 3 is 2.71 bits per heavy atom. The molecule has 0 heterocycles. The molecule has 1 aliphatic carbocycles. The van der Waals surface area contributed by atoms with Crippen LogP contribution in [0.4, 0.5) is 0 Å². The van der Waals surface area contributed by atoms with Crippen LogP contribution >= 0.6 is 0 Å². The van der Waals surface area contributed by atoms with Crippen LogP contribution in [0.5, 0.6) is 0 Å². The number of hydrogen-bond acceptors (Lipinski definition) is 2. The summed E-state index contributed by atoms with van der Waals surface area (Å²) in [5.41, 5.74) is 0. The fraction of sp³-hybridized carbons (Fsp3) is 0.917. The lowest BCUT2D eigenvalue weighted by Gasteiger charge is -2.08. The van der Waals surface area contributed by atoms with Gasteiger partial charge in [-0.3, -0.25) is 4.79 Å². The molecule has 14 heavy (non-hydrogen) atoms. The highest BCUT2D eigenvalue weighted by Crippen LogP contribution is 2.28.